The summed E-state index contributed by atoms with van der Waals surface area (Å²) in [4.78, 5) is 18.4. The van der Waals surface area contributed by atoms with Crippen LogP contribution >= 0.6 is 0 Å². The van der Waals surface area contributed by atoms with E-state index in [0.717, 1.165) is 60.7 Å². The van der Waals surface area contributed by atoms with Crippen LogP contribution in [0.2, 0.25) is 0 Å². The van der Waals surface area contributed by atoms with Crippen LogP contribution < -0.4 is 5.32 Å². The van der Waals surface area contributed by atoms with Crippen LogP contribution in [0.3, 0.4) is 0 Å². The summed E-state index contributed by atoms with van der Waals surface area (Å²) in [5, 5.41) is 13.1. The molecule has 3 heterocycles. The van der Waals surface area contributed by atoms with Crippen LogP contribution in [0, 0.1) is 0 Å². The van der Waals surface area contributed by atoms with Crippen LogP contribution in [0.1, 0.15) is 33.1 Å². The number of carbonyl (C=O) groups excluding carboxylic acids is 1. The van der Waals surface area contributed by atoms with Gasteiger partial charge in [-0.2, -0.15) is 0 Å². The highest BCUT2D eigenvalue weighted by molar-refractivity contribution is 6.15. The van der Waals surface area contributed by atoms with E-state index >= 15 is 0 Å². The molecule has 0 bridgehead atoms. The van der Waals surface area contributed by atoms with Gasteiger partial charge in [-0.25, -0.2) is 4.99 Å². The average Bonchev–Trinajstić information content (AvgIpc) is 2.57. The van der Waals surface area contributed by atoms with Gasteiger partial charge in [0.15, 0.2) is 0 Å². The Bertz CT molecular complexity index is 675. The Hall–Kier alpha value is -1.98. The SMILES string of the molecule is CCC1=CC(=C2C=CC=C(CN3CCC(O)CC3)N2)C(C)=NC1=O. The van der Waals surface area contributed by atoms with Crippen molar-refractivity contribution in [3.8, 4) is 0 Å². The summed E-state index contributed by atoms with van der Waals surface area (Å²) < 4.78 is 0. The van der Waals surface area contributed by atoms with E-state index in [9.17, 15) is 9.90 Å². The first-order valence-electron chi connectivity index (χ1n) is 8.66. The molecule has 128 valence electrons. The number of nitrogens with zero attached hydrogens (tertiary/aromatic N) is 2. The molecule has 1 fully saturated rings. The molecule has 0 atom stereocenters. The van der Waals surface area contributed by atoms with E-state index in [1.54, 1.807) is 0 Å². The summed E-state index contributed by atoms with van der Waals surface area (Å²) in [6.45, 7) is 6.54. The van der Waals surface area contributed by atoms with Gasteiger partial charge in [0.05, 0.1) is 11.8 Å². The molecule has 2 N–H and O–H groups in total. The molecule has 24 heavy (non-hydrogen) atoms. The molecule has 0 spiro atoms. The van der Waals surface area contributed by atoms with Crippen molar-refractivity contribution in [1.29, 1.82) is 0 Å². The number of hydrogen-bond acceptors (Lipinski definition) is 4. The summed E-state index contributed by atoms with van der Waals surface area (Å²) in [5.74, 6) is -0.123. The molecular weight excluding hydrogens is 302 g/mol. The number of aliphatic hydroxyl groups is 1. The predicted molar refractivity (Wildman–Crippen MR) is 95.6 cm³/mol. The number of aliphatic imine (C=N–C) groups is 1. The molecule has 0 radical (unpaired) electrons. The van der Waals surface area contributed by atoms with Crippen molar-refractivity contribution in [1.82, 2.24) is 10.2 Å². The first-order valence-corrected chi connectivity index (χ1v) is 8.66. The minimum Gasteiger partial charge on any atom is -0.393 e. The van der Waals surface area contributed by atoms with Crippen LogP contribution in [0.4, 0.5) is 0 Å². The molecule has 0 aromatic carbocycles. The monoisotopic (exact) mass is 327 g/mol. The van der Waals surface area contributed by atoms with E-state index in [1.165, 1.54) is 0 Å². The quantitative estimate of drug-likeness (QED) is 0.833. The Morgan fingerprint density at radius 1 is 1.38 bits per heavy atom. The Morgan fingerprint density at radius 2 is 2.12 bits per heavy atom. The lowest BCUT2D eigenvalue weighted by atomic mass is 9.98. The molecule has 3 aliphatic heterocycles. The number of hydrogen-bond donors (Lipinski definition) is 2. The van der Waals surface area contributed by atoms with Gasteiger partial charge in [-0.15, -0.1) is 0 Å². The Kier molecular flexibility index (Phi) is 5.11. The molecule has 0 aliphatic carbocycles. The normalized spacial score (nSPS) is 26.0. The maximum atomic E-state index is 11.9. The van der Waals surface area contributed by atoms with Gasteiger partial charge in [0, 0.05) is 42.2 Å². The minimum absolute atomic E-state index is 0.123. The molecule has 3 rings (SSSR count). The van der Waals surface area contributed by atoms with Crippen LogP contribution in [0.5, 0.6) is 0 Å². The number of rotatable bonds is 3. The third-order valence-corrected chi connectivity index (χ3v) is 4.73. The van der Waals surface area contributed by atoms with E-state index in [0.29, 0.717) is 6.42 Å². The standard InChI is InChI=1S/C19H25N3O2/c1-3-14-11-17(13(2)20-19(14)24)18-6-4-5-15(21-18)12-22-9-7-16(23)8-10-22/h4-6,11,16,21,23H,3,7-10,12H2,1-2H3. The lowest BCUT2D eigenvalue weighted by Gasteiger charge is -2.31. The highest BCUT2D eigenvalue weighted by Crippen LogP contribution is 2.22. The largest absolute Gasteiger partial charge is 0.393 e. The van der Waals surface area contributed by atoms with Gasteiger partial charge >= 0.3 is 0 Å². The maximum absolute atomic E-state index is 11.9. The zero-order chi connectivity index (χ0) is 17.1. The third-order valence-electron chi connectivity index (χ3n) is 4.73. The van der Waals surface area contributed by atoms with Crippen LogP contribution in [0.25, 0.3) is 0 Å². The van der Waals surface area contributed by atoms with Crippen LogP contribution in [-0.4, -0.2) is 47.4 Å². The topological polar surface area (TPSA) is 64.9 Å². The number of aliphatic hydroxyl groups excluding tert-OH is 1. The second kappa shape index (κ2) is 7.28. The fourth-order valence-corrected chi connectivity index (χ4v) is 3.24. The zero-order valence-corrected chi connectivity index (χ0v) is 14.4. The van der Waals surface area contributed by atoms with Gasteiger partial charge < -0.3 is 10.4 Å². The fourth-order valence-electron chi connectivity index (χ4n) is 3.24. The number of carbonyl (C=O) groups is 1. The van der Waals surface area contributed by atoms with Crippen molar-refractivity contribution in [2.75, 3.05) is 19.6 Å². The van der Waals surface area contributed by atoms with Gasteiger partial charge in [-0.05, 0) is 44.4 Å². The molecule has 5 nitrogen and oxygen atoms in total. The van der Waals surface area contributed by atoms with Crippen molar-refractivity contribution in [2.45, 2.75) is 39.2 Å². The number of amides is 1. The Balaban J connectivity index is 1.74. The molecule has 3 aliphatic rings. The Morgan fingerprint density at radius 3 is 2.83 bits per heavy atom. The molecule has 5 heteroatoms. The van der Waals surface area contributed by atoms with Crippen LogP contribution in [0.15, 0.2) is 51.8 Å². The lowest BCUT2D eigenvalue weighted by molar-refractivity contribution is -0.114. The number of piperidine rings is 1. The Labute approximate surface area is 143 Å². The first-order chi connectivity index (χ1) is 11.6. The second-order valence-corrected chi connectivity index (χ2v) is 6.54. The van der Waals surface area contributed by atoms with E-state index in [4.69, 9.17) is 0 Å². The van der Waals surface area contributed by atoms with Gasteiger partial charge in [-0.3, -0.25) is 9.69 Å². The zero-order valence-electron chi connectivity index (χ0n) is 14.4. The summed E-state index contributed by atoms with van der Waals surface area (Å²) >= 11 is 0. The van der Waals surface area contributed by atoms with Crippen molar-refractivity contribution in [3.63, 3.8) is 0 Å². The number of allylic oxidation sites excluding steroid dienone is 5. The summed E-state index contributed by atoms with van der Waals surface area (Å²) in [5.41, 5.74) is 4.62. The van der Waals surface area contributed by atoms with E-state index in [2.05, 4.69) is 21.3 Å². The highest BCUT2D eigenvalue weighted by atomic mass is 16.3. The molecule has 1 saturated heterocycles. The summed E-state index contributed by atoms with van der Waals surface area (Å²) in [7, 11) is 0. The lowest BCUT2D eigenvalue weighted by Crippen LogP contribution is -2.39. The highest BCUT2D eigenvalue weighted by Gasteiger charge is 2.21. The van der Waals surface area contributed by atoms with Gasteiger partial charge in [0.25, 0.3) is 5.91 Å². The minimum atomic E-state index is -0.150. The van der Waals surface area contributed by atoms with Crippen LogP contribution in [-0.2, 0) is 4.79 Å². The smallest absolute Gasteiger partial charge is 0.273 e. The van der Waals surface area contributed by atoms with Crippen molar-refractivity contribution < 1.29 is 9.90 Å². The number of dihydropyridines is 2. The molecule has 0 saturated carbocycles. The van der Waals surface area contributed by atoms with Gasteiger partial charge in [0.2, 0.25) is 0 Å². The fraction of sp³-hybridized carbons (Fsp3) is 0.474. The van der Waals surface area contributed by atoms with E-state index < -0.39 is 0 Å². The van der Waals surface area contributed by atoms with Crippen molar-refractivity contribution in [3.05, 3.63) is 46.8 Å². The number of nitrogens with one attached hydrogen (secondary N) is 1. The van der Waals surface area contributed by atoms with Crippen molar-refractivity contribution in [2.24, 2.45) is 4.99 Å². The maximum Gasteiger partial charge on any atom is 0.273 e. The average molecular weight is 327 g/mol. The summed E-state index contributed by atoms with van der Waals surface area (Å²) in [6, 6.07) is 0. The molecule has 1 amide bonds. The molecule has 0 unspecified atom stereocenters. The van der Waals surface area contributed by atoms with Crippen molar-refractivity contribution >= 4 is 11.6 Å². The molecular formula is C19H25N3O2. The first kappa shape index (κ1) is 16.9. The number of likely N-dealkylation sites (tertiary alicyclic amines) is 1. The van der Waals surface area contributed by atoms with Gasteiger partial charge in [0.1, 0.15) is 0 Å². The second-order valence-electron chi connectivity index (χ2n) is 6.54. The predicted octanol–water partition coefficient (Wildman–Crippen LogP) is 2.08. The van der Waals surface area contributed by atoms with Gasteiger partial charge in [-0.1, -0.05) is 13.0 Å². The van der Waals surface area contributed by atoms with E-state index in [-0.39, 0.29) is 12.0 Å². The molecule has 0 aromatic heterocycles. The molecule has 0 aromatic rings. The van der Waals surface area contributed by atoms with E-state index in [1.807, 2.05) is 32.1 Å². The summed E-state index contributed by atoms with van der Waals surface area (Å²) in [6.07, 6.45) is 10.3. The third kappa shape index (κ3) is 3.74.